The fraction of sp³-hybridized carbons (Fsp3) is 0.176. The van der Waals surface area contributed by atoms with E-state index >= 15 is 0 Å². The van der Waals surface area contributed by atoms with Crippen LogP contribution in [0.1, 0.15) is 16.1 Å². The van der Waals surface area contributed by atoms with E-state index in [1.54, 1.807) is 11.2 Å². The van der Waals surface area contributed by atoms with Crippen LogP contribution in [0.5, 0.6) is 0 Å². The van der Waals surface area contributed by atoms with Crippen LogP contribution in [0.15, 0.2) is 46.3 Å². The molecule has 0 aliphatic carbocycles. The van der Waals surface area contributed by atoms with Gasteiger partial charge in [0.1, 0.15) is 5.69 Å². The van der Waals surface area contributed by atoms with E-state index < -0.39 is 5.56 Å². The average molecular weight is 336 g/mol. The zero-order chi connectivity index (χ0) is 17.8. The minimum Gasteiger partial charge on any atom is -0.369 e. The molecule has 0 aliphatic rings. The van der Waals surface area contributed by atoms with Gasteiger partial charge in [-0.1, -0.05) is 30.3 Å². The average Bonchev–Trinajstić information content (AvgIpc) is 2.63. The number of aldehydes is 1. The third-order valence-electron chi connectivity index (χ3n) is 3.38. The van der Waals surface area contributed by atoms with Gasteiger partial charge in [-0.25, -0.2) is 15.0 Å². The molecule has 3 rings (SSSR count). The highest BCUT2D eigenvalue weighted by Gasteiger charge is 2.13. The van der Waals surface area contributed by atoms with Crippen molar-refractivity contribution >= 4 is 29.7 Å². The van der Waals surface area contributed by atoms with E-state index in [4.69, 9.17) is 0 Å². The number of hydrogen-bond donors (Lipinski definition) is 0. The van der Waals surface area contributed by atoms with Crippen molar-refractivity contribution < 1.29 is 4.79 Å². The van der Waals surface area contributed by atoms with Gasteiger partial charge in [0.25, 0.3) is 5.56 Å². The summed E-state index contributed by atoms with van der Waals surface area (Å²) < 4.78 is 1.42. The molecule has 0 amide bonds. The second-order valence-corrected chi connectivity index (χ2v) is 5.58. The van der Waals surface area contributed by atoms with Crippen molar-refractivity contribution in [1.82, 2.24) is 24.4 Å². The van der Waals surface area contributed by atoms with Crippen molar-refractivity contribution in [3.05, 3.63) is 58.1 Å². The minimum atomic E-state index is -0.393. The summed E-state index contributed by atoms with van der Waals surface area (Å²) in [5.41, 5.74) is 0.819. The van der Waals surface area contributed by atoms with Crippen LogP contribution in [0, 0.1) is 0 Å². The van der Waals surface area contributed by atoms with Crippen molar-refractivity contribution in [2.45, 2.75) is 6.54 Å². The molecule has 3 aromatic rings. The molecular weight excluding hydrogens is 320 g/mol. The van der Waals surface area contributed by atoms with Gasteiger partial charge in [0.2, 0.25) is 5.95 Å². The molecule has 1 aromatic carbocycles. The number of rotatable bonds is 5. The quantitative estimate of drug-likeness (QED) is 0.396. The molecule has 8 heteroatoms. The monoisotopic (exact) mass is 336 g/mol. The van der Waals surface area contributed by atoms with E-state index in [1.165, 1.54) is 10.8 Å². The number of benzene rings is 1. The van der Waals surface area contributed by atoms with Gasteiger partial charge < -0.3 is 4.90 Å². The summed E-state index contributed by atoms with van der Waals surface area (Å²) in [4.78, 5) is 42.2. The Balaban J connectivity index is 2.21. The van der Waals surface area contributed by atoms with Crippen LogP contribution in [0.3, 0.4) is 0 Å². The van der Waals surface area contributed by atoms with Gasteiger partial charge in [-0.2, -0.15) is 4.98 Å². The predicted molar refractivity (Wildman–Crippen MR) is 94.4 cm³/mol. The highest BCUT2D eigenvalue weighted by Crippen LogP contribution is 2.13. The molecule has 0 saturated carbocycles. The lowest BCUT2D eigenvalue weighted by Crippen LogP contribution is -2.24. The van der Waals surface area contributed by atoms with E-state index in [0.29, 0.717) is 6.29 Å². The summed E-state index contributed by atoms with van der Waals surface area (Å²) in [5.74, 6) is 0.225. The Kier molecular flexibility index (Phi) is 4.60. The predicted octanol–water partition coefficient (Wildman–Crippen LogP) is 1.27. The third kappa shape index (κ3) is 3.57. The van der Waals surface area contributed by atoms with Crippen molar-refractivity contribution in [1.29, 1.82) is 0 Å². The number of carbonyl (C=O) groups is 1. The van der Waals surface area contributed by atoms with Crippen LogP contribution < -0.4 is 5.56 Å². The van der Waals surface area contributed by atoms with Crippen molar-refractivity contribution in [3.63, 3.8) is 0 Å². The highest BCUT2D eigenvalue weighted by molar-refractivity contribution is 5.77. The van der Waals surface area contributed by atoms with Crippen molar-refractivity contribution in [2.75, 3.05) is 14.1 Å². The Labute approximate surface area is 143 Å². The van der Waals surface area contributed by atoms with Gasteiger partial charge in [0, 0.05) is 14.1 Å². The summed E-state index contributed by atoms with van der Waals surface area (Å²) in [6, 6.07) is 9.49. The SMILES string of the molecule is CN(C)/C=N\c1nc2ncc(C=O)nc2c(=O)n1Cc1ccccc1. The first-order valence-electron chi connectivity index (χ1n) is 7.56. The summed E-state index contributed by atoms with van der Waals surface area (Å²) in [6.07, 6.45) is 3.39. The van der Waals surface area contributed by atoms with Gasteiger partial charge in [0.15, 0.2) is 17.5 Å². The van der Waals surface area contributed by atoms with Gasteiger partial charge in [-0.15, -0.1) is 0 Å². The van der Waals surface area contributed by atoms with Gasteiger partial charge in [-0.3, -0.25) is 14.2 Å². The molecular formula is C17H16N6O2. The van der Waals surface area contributed by atoms with Crippen molar-refractivity contribution in [3.8, 4) is 0 Å². The minimum absolute atomic E-state index is 0.0457. The molecule has 0 radical (unpaired) electrons. The molecule has 0 unspecified atom stereocenters. The molecule has 0 bridgehead atoms. The second-order valence-electron chi connectivity index (χ2n) is 5.58. The summed E-state index contributed by atoms with van der Waals surface area (Å²) in [6.45, 7) is 0.287. The first kappa shape index (κ1) is 16.4. The first-order chi connectivity index (χ1) is 12.1. The second kappa shape index (κ2) is 7.00. The zero-order valence-electron chi connectivity index (χ0n) is 13.8. The maximum Gasteiger partial charge on any atom is 0.283 e. The molecule has 25 heavy (non-hydrogen) atoms. The van der Waals surface area contributed by atoms with Gasteiger partial charge in [0.05, 0.1) is 19.1 Å². The molecule has 0 fully saturated rings. The number of fused-ring (bicyclic) bond motifs is 1. The van der Waals surface area contributed by atoms with E-state index in [0.717, 1.165) is 5.56 Å². The Bertz CT molecular complexity index is 995. The molecule has 8 nitrogen and oxygen atoms in total. The van der Waals surface area contributed by atoms with Crippen LogP contribution in [-0.4, -0.2) is 51.1 Å². The van der Waals surface area contributed by atoms with Crippen molar-refractivity contribution in [2.24, 2.45) is 4.99 Å². The maximum atomic E-state index is 12.9. The maximum absolute atomic E-state index is 12.9. The Morgan fingerprint density at radius 2 is 1.96 bits per heavy atom. The van der Waals surface area contributed by atoms with Crippen LogP contribution in [-0.2, 0) is 6.54 Å². The smallest absolute Gasteiger partial charge is 0.283 e. The highest BCUT2D eigenvalue weighted by atomic mass is 16.1. The number of carbonyl (C=O) groups excluding carboxylic acids is 1. The van der Waals surface area contributed by atoms with Crippen LogP contribution in [0.25, 0.3) is 11.2 Å². The molecule has 0 N–H and O–H groups in total. The topological polar surface area (TPSA) is 93.3 Å². The number of nitrogens with zero attached hydrogens (tertiary/aromatic N) is 6. The molecule has 0 saturated heterocycles. The Morgan fingerprint density at radius 3 is 2.64 bits per heavy atom. The molecule has 0 spiro atoms. The number of aromatic nitrogens is 4. The fourth-order valence-corrected chi connectivity index (χ4v) is 2.23. The van der Waals surface area contributed by atoms with E-state index in [-0.39, 0.29) is 29.4 Å². The molecule has 0 aliphatic heterocycles. The van der Waals surface area contributed by atoms with Gasteiger partial charge in [-0.05, 0) is 5.56 Å². The van der Waals surface area contributed by atoms with Gasteiger partial charge >= 0.3 is 0 Å². The fourth-order valence-electron chi connectivity index (χ4n) is 2.23. The summed E-state index contributed by atoms with van der Waals surface area (Å²) in [7, 11) is 3.64. The standard InChI is InChI=1S/C17H16N6O2/c1-22(2)11-19-17-21-15-14(20-13(10-24)8-18-15)16(25)23(17)9-12-6-4-3-5-7-12/h3-8,10-11H,9H2,1-2H3/b19-11-. The normalized spacial score (nSPS) is 11.1. The molecule has 0 atom stereocenters. The number of aliphatic imine (C=N–C) groups is 1. The van der Waals surface area contributed by atoms with Crippen LogP contribution in [0.2, 0.25) is 0 Å². The molecule has 126 valence electrons. The largest absolute Gasteiger partial charge is 0.369 e. The first-order valence-corrected chi connectivity index (χ1v) is 7.56. The summed E-state index contributed by atoms with van der Waals surface area (Å²) in [5, 5.41) is 0. The number of hydrogen-bond acceptors (Lipinski definition) is 6. The molecule has 2 heterocycles. The lowest BCUT2D eigenvalue weighted by Gasteiger charge is -2.11. The lowest BCUT2D eigenvalue weighted by atomic mass is 10.2. The van der Waals surface area contributed by atoms with Crippen LogP contribution >= 0.6 is 0 Å². The zero-order valence-corrected chi connectivity index (χ0v) is 13.8. The van der Waals surface area contributed by atoms with E-state index in [2.05, 4.69) is 19.9 Å². The van der Waals surface area contributed by atoms with E-state index in [9.17, 15) is 9.59 Å². The lowest BCUT2D eigenvalue weighted by molar-refractivity contribution is 0.111. The Hall–Kier alpha value is -3.42. The van der Waals surface area contributed by atoms with Crippen LogP contribution in [0.4, 0.5) is 5.95 Å². The molecule has 2 aromatic heterocycles. The summed E-state index contributed by atoms with van der Waals surface area (Å²) >= 11 is 0. The Morgan fingerprint density at radius 1 is 1.20 bits per heavy atom. The van der Waals surface area contributed by atoms with E-state index in [1.807, 2.05) is 44.4 Å². The third-order valence-corrected chi connectivity index (χ3v) is 3.38.